The largest absolute Gasteiger partial charge is 0.501 e. The first kappa shape index (κ1) is 49.6. The summed E-state index contributed by atoms with van der Waals surface area (Å²) in [5.74, 6) is -1.47. The van der Waals surface area contributed by atoms with Gasteiger partial charge in [0, 0.05) is 64.9 Å². The van der Waals surface area contributed by atoms with E-state index < -0.39 is 21.2 Å². The van der Waals surface area contributed by atoms with Crippen molar-refractivity contribution in [1.82, 2.24) is 39.4 Å². The van der Waals surface area contributed by atoms with E-state index >= 15 is 0 Å². The lowest BCUT2D eigenvalue weighted by Gasteiger charge is -1.98. The molecule has 0 saturated heterocycles. The number of esters is 4. The zero-order valence-corrected chi connectivity index (χ0v) is 37.7. The molecule has 5 rings (SSSR count). The number of H-pyrrole nitrogens is 2. The van der Waals surface area contributed by atoms with Crippen molar-refractivity contribution in [3.63, 3.8) is 0 Å². The van der Waals surface area contributed by atoms with Crippen LogP contribution in [-0.2, 0) is 33.0 Å². The SMILES string of the molecule is CCO/C=C/C(=O)OCC.CCOC(=O)c1cn[nH]c1N.CCOC(=O)c1cnn2ccc(=O)[nH]c12.CCOC(=O)c1cnn2ccc(Br)nc12.O=P(Br)(Br)Br. The van der Waals surface area contributed by atoms with Crippen LogP contribution < -0.4 is 11.3 Å². The van der Waals surface area contributed by atoms with Crippen LogP contribution in [0.25, 0.3) is 11.3 Å². The third-order valence-electron chi connectivity index (χ3n) is 5.65. The average molecular weight is 1060 g/mol. The number of hydrogen-bond donors (Lipinski definition) is 3. The van der Waals surface area contributed by atoms with Gasteiger partial charge < -0.3 is 34.4 Å². The van der Waals surface area contributed by atoms with E-state index in [4.69, 9.17) is 19.9 Å². The maximum absolute atomic E-state index is 11.5. The first-order valence-electron chi connectivity index (χ1n) is 16.0. The molecule has 0 aromatic carbocycles. The van der Waals surface area contributed by atoms with Gasteiger partial charge >= 0.3 is 23.9 Å². The predicted molar refractivity (Wildman–Crippen MR) is 219 cm³/mol. The molecule has 0 saturated carbocycles. The molecule has 5 heterocycles. The third-order valence-corrected chi connectivity index (χ3v) is 6.09. The van der Waals surface area contributed by atoms with E-state index in [1.807, 2.05) is 6.92 Å². The highest BCUT2D eigenvalue weighted by atomic mass is 80.0. The highest BCUT2D eigenvalue weighted by Gasteiger charge is 2.16. The monoisotopic (exact) mass is 1060 g/mol. The number of nitrogens with zero attached hydrogens (tertiary/aromatic N) is 6. The Bertz CT molecular complexity index is 2140. The second-order valence-electron chi connectivity index (χ2n) is 9.50. The highest BCUT2D eigenvalue weighted by Crippen LogP contribution is 2.68. The normalized spacial score (nSPS) is 10.3. The minimum atomic E-state index is -2.20. The molecule has 20 nitrogen and oxygen atoms in total. The molecule has 5 aromatic rings. The topological polar surface area (TPSA) is 267 Å². The molecular weight excluding hydrogens is 1020 g/mol. The fourth-order valence-electron chi connectivity index (χ4n) is 3.51. The molecule has 306 valence electrons. The molecule has 25 heteroatoms. The summed E-state index contributed by atoms with van der Waals surface area (Å²) in [6.07, 6.45) is 9.94. The first-order valence-corrected chi connectivity index (χ1v) is 24.6. The van der Waals surface area contributed by atoms with Gasteiger partial charge in [-0.1, -0.05) is 0 Å². The van der Waals surface area contributed by atoms with E-state index in [-0.39, 0.29) is 35.1 Å². The molecule has 0 radical (unpaired) electrons. The Morgan fingerprint density at radius 3 is 1.84 bits per heavy atom. The zero-order valence-electron chi connectivity index (χ0n) is 30.4. The Morgan fingerprint density at radius 1 is 0.786 bits per heavy atom. The summed E-state index contributed by atoms with van der Waals surface area (Å²) < 4.78 is 35.1. The van der Waals surface area contributed by atoms with Gasteiger partial charge in [0.2, 0.25) is 0 Å². The van der Waals surface area contributed by atoms with Gasteiger partial charge in [-0.15, -0.1) is 0 Å². The number of nitrogen functional groups attached to an aromatic ring is 1. The number of carbonyl (C=O) groups excluding carboxylic acids is 4. The number of aromatic nitrogens is 8. The summed E-state index contributed by atoms with van der Waals surface area (Å²) >= 11 is 11.5. The van der Waals surface area contributed by atoms with Gasteiger partial charge in [-0.2, -0.15) is 15.3 Å². The van der Waals surface area contributed by atoms with Crippen LogP contribution >= 0.6 is 65.6 Å². The molecule has 4 N–H and O–H groups in total. The summed E-state index contributed by atoms with van der Waals surface area (Å²) in [6, 6.07) is 3.07. The number of ether oxygens (including phenoxy) is 5. The fraction of sp³-hybridized carbons (Fsp3) is 0.323. The molecule has 0 amide bonds. The molecule has 0 atom stereocenters. The van der Waals surface area contributed by atoms with E-state index in [0.717, 1.165) is 0 Å². The number of nitrogens with two attached hydrogens (primary N) is 1. The predicted octanol–water partition coefficient (Wildman–Crippen LogP) is 6.42. The van der Waals surface area contributed by atoms with Crippen molar-refractivity contribution in [2.45, 2.75) is 34.6 Å². The summed E-state index contributed by atoms with van der Waals surface area (Å²) in [7, 11) is 0. The van der Waals surface area contributed by atoms with Crippen LogP contribution in [0.1, 0.15) is 65.7 Å². The summed E-state index contributed by atoms with van der Waals surface area (Å²) in [6.45, 7) is 10.7. The Kier molecular flexibility index (Phi) is 23.5. The van der Waals surface area contributed by atoms with Crippen LogP contribution in [0.5, 0.6) is 0 Å². The van der Waals surface area contributed by atoms with Crippen molar-refractivity contribution in [3.8, 4) is 0 Å². The Balaban J connectivity index is 0.000000364. The minimum absolute atomic E-state index is 0.239. The minimum Gasteiger partial charge on any atom is -0.501 e. The smallest absolute Gasteiger partial charge is 0.343 e. The summed E-state index contributed by atoms with van der Waals surface area (Å²) in [4.78, 5) is 62.2. The molecule has 0 aliphatic heterocycles. The number of hydrogen-bond acceptors (Lipinski definition) is 16. The molecule has 0 bridgehead atoms. The van der Waals surface area contributed by atoms with Crippen LogP contribution in [0.2, 0.25) is 0 Å². The molecule has 0 spiro atoms. The zero-order chi connectivity index (χ0) is 42.3. The molecule has 0 fully saturated rings. The van der Waals surface area contributed by atoms with Crippen molar-refractivity contribution < 1.29 is 47.4 Å². The lowest BCUT2D eigenvalue weighted by Crippen LogP contribution is -2.10. The number of rotatable bonds is 10. The van der Waals surface area contributed by atoms with Gasteiger partial charge in [0.05, 0.1) is 64.0 Å². The molecule has 0 unspecified atom stereocenters. The van der Waals surface area contributed by atoms with Crippen molar-refractivity contribution in [2.24, 2.45) is 0 Å². The Morgan fingerprint density at radius 2 is 1.30 bits per heavy atom. The average Bonchev–Trinajstić information content (AvgIpc) is 3.87. The van der Waals surface area contributed by atoms with Crippen LogP contribution in [0.15, 0.2) is 64.9 Å². The Hall–Kier alpha value is -4.38. The number of aromatic amines is 2. The highest BCUT2D eigenvalue weighted by molar-refractivity contribution is 9.94. The maximum Gasteiger partial charge on any atom is 0.343 e. The molecule has 5 aromatic heterocycles. The number of nitrogens with one attached hydrogen (secondary N) is 2. The standard InChI is InChI=1S/C9H8BrN3O2.C9H9N3O3.C7H12O3.C6H9N3O2.Br3OP/c1-2-15-9(14)6-5-11-13-4-3-7(10)12-8(6)13;1-2-15-9(14)6-5-10-12-4-3-7(13)11-8(6)12;1-3-9-6-5-7(8)10-4-2;1-2-11-6(10)4-3-8-9-5(4)7;1-5(2,3)4/h3-5H,2H2,1H3;3-5H,2H2,1H3,(H,11,13);5-6H,3-4H2,1-2H3;3H,2H2,1H3,(H3,7,8,9);/b;;6-5+;;. The van der Waals surface area contributed by atoms with Crippen molar-refractivity contribution in [2.75, 3.05) is 38.8 Å². The quantitative estimate of drug-likeness (QED) is 0.0340. The number of fused-ring (bicyclic) bond motifs is 2. The third kappa shape index (κ3) is 19.0. The first-order chi connectivity index (χ1) is 26.5. The van der Waals surface area contributed by atoms with Gasteiger partial charge in [-0.25, -0.2) is 33.2 Å². The Labute approximate surface area is 351 Å². The van der Waals surface area contributed by atoms with Gasteiger partial charge in [-0.05, 0) is 56.6 Å². The number of anilines is 1. The van der Waals surface area contributed by atoms with Gasteiger partial charge in [0.1, 0.15) is 27.1 Å². The van der Waals surface area contributed by atoms with Gasteiger partial charge in [-0.3, -0.25) is 14.5 Å². The van der Waals surface area contributed by atoms with Crippen molar-refractivity contribution in [3.05, 3.63) is 87.1 Å². The van der Waals surface area contributed by atoms with E-state index in [2.05, 4.69) is 102 Å². The molecule has 56 heavy (non-hydrogen) atoms. The van der Waals surface area contributed by atoms with Crippen LogP contribution in [0.4, 0.5) is 5.82 Å². The van der Waals surface area contributed by atoms with E-state index in [9.17, 15) is 28.5 Å². The number of carbonyl (C=O) groups is 4. The lowest BCUT2D eigenvalue weighted by molar-refractivity contribution is -0.137. The van der Waals surface area contributed by atoms with Crippen molar-refractivity contribution >= 4 is 107 Å². The number of halogens is 4. The van der Waals surface area contributed by atoms with E-state index in [1.165, 1.54) is 52.2 Å². The second kappa shape index (κ2) is 26.5. The summed E-state index contributed by atoms with van der Waals surface area (Å²) in [5.41, 5.74) is 6.82. The van der Waals surface area contributed by atoms with Crippen molar-refractivity contribution in [1.29, 1.82) is 0 Å². The van der Waals surface area contributed by atoms with E-state index in [1.54, 1.807) is 40.0 Å². The maximum atomic E-state index is 11.5. The fourth-order valence-corrected chi connectivity index (χ4v) is 3.80. The van der Waals surface area contributed by atoms with Crippen LogP contribution in [-0.4, -0.2) is 96.3 Å². The second-order valence-corrected chi connectivity index (χ2v) is 28.7. The van der Waals surface area contributed by atoms with Gasteiger partial charge in [0.25, 0.3) is 8.81 Å². The van der Waals surface area contributed by atoms with E-state index in [0.29, 0.717) is 47.9 Å². The molecule has 0 aliphatic carbocycles. The van der Waals surface area contributed by atoms with Gasteiger partial charge in [0.15, 0.2) is 11.3 Å². The van der Waals surface area contributed by atoms with Crippen LogP contribution in [0.3, 0.4) is 0 Å². The lowest BCUT2D eigenvalue weighted by atomic mass is 10.3. The summed E-state index contributed by atoms with van der Waals surface area (Å²) in [5, 5.41) is 13.9. The molecule has 0 aliphatic rings. The molecular formula is C31H38Br4N9O11P. The van der Waals surface area contributed by atoms with Crippen LogP contribution in [0, 0.1) is 0 Å².